The second-order valence-electron chi connectivity index (χ2n) is 3.47. The Balaban J connectivity index is 2.83. The van der Waals surface area contributed by atoms with Crippen LogP contribution < -0.4 is 10.5 Å². The molecule has 0 radical (unpaired) electrons. The van der Waals surface area contributed by atoms with Gasteiger partial charge in [0.15, 0.2) is 0 Å². The quantitative estimate of drug-likeness (QED) is 0.796. The van der Waals surface area contributed by atoms with E-state index in [1.165, 1.54) is 0 Å². The van der Waals surface area contributed by atoms with E-state index < -0.39 is 0 Å². The van der Waals surface area contributed by atoms with E-state index in [0.717, 1.165) is 12.1 Å². The van der Waals surface area contributed by atoms with Crippen LogP contribution in [0.4, 0.5) is 0 Å². The molecule has 0 bridgehead atoms. The van der Waals surface area contributed by atoms with Crippen LogP contribution in [0.1, 0.15) is 31.9 Å². The molecule has 0 aliphatic carbocycles. The van der Waals surface area contributed by atoms with E-state index in [-0.39, 0.29) is 12.0 Å². The predicted molar refractivity (Wildman–Crippen MR) is 57.5 cm³/mol. The van der Waals surface area contributed by atoms with Crippen molar-refractivity contribution in [3.8, 4) is 5.88 Å². The van der Waals surface area contributed by atoms with E-state index >= 15 is 0 Å². The maximum absolute atomic E-state index is 5.96. The first-order valence-corrected chi connectivity index (χ1v) is 4.95. The molecule has 1 rings (SSSR count). The minimum Gasteiger partial charge on any atom is -0.481 e. The van der Waals surface area contributed by atoms with Crippen molar-refractivity contribution in [3.05, 3.63) is 23.9 Å². The molecule has 0 fully saturated rings. The highest BCUT2D eigenvalue weighted by Gasteiger charge is 2.14. The molecule has 0 aromatic carbocycles. The Bertz CT molecular complexity index is 288. The smallest absolute Gasteiger partial charge is 0.213 e. The van der Waals surface area contributed by atoms with Crippen LogP contribution in [0.3, 0.4) is 0 Å². The Hall–Kier alpha value is -1.09. The van der Waals surface area contributed by atoms with Crippen LogP contribution in [0.15, 0.2) is 18.2 Å². The minimum atomic E-state index is 0.162. The highest BCUT2D eigenvalue weighted by Crippen LogP contribution is 2.19. The number of methoxy groups -OCH3 is 1. The van der Waals surface area contributed by atoms with Gasteiger partial charge < -0.3 is 10.5 Å². The van der Waals surface area contributed by atoms with Gasteiger partial charge in [0.1, 0.15) is 0 Å². The number of ether oxygens (including phenoxy) is 1. The number of aromatic nitrogens is 1. The molecule has 0 aliphatic rings. The molecule has 14 heavy (non-hydrogen) atoms. The van der Waals surface area contributed by atoms with Crippen LogP contribution >= 0.6 is 0 Å². The fourth-order valence-corrected chi connectivity index (χ4v) is 1.37. The highest BCUT2D eigenvalue weighted by atomic mass is 16.5. The van der Waals surface area contributed by atoms with E-state index in [1.54, 1.807) is 7.11 Å². The Morgan fingerprint density at radius 2 is 2.21 bits per heavy atom. The Labute approximate surface area is 85.3 Å². The zero-order valence-corrected chi connectivity index (χ0v) is 9.03. The van der Waals surface area contributed by atoms with Gasteiger partial charge in [-0.15, -0.1) is 0 Å². The van der Waals surface area contributed by atoms with Crippen molar-refractivity contribution in [2.75, 3.05) is 7.11 Å². The molecule has 2 N–H and O–H groups in total. The van der Waals surface area contributed by atoms with Gasteiger partial charge in [-0.1, -0.05) is 19.9 Å². The van der Waals surface area contributed by atoms with Crippen molar-refractivity contribution in [3.63, 3.8) is 0 Å². The molecule has 0 saturated carbocycles. The summed E-state index contributed by atoms with van der Waals surface area (Å²) in [6.45, 7) is 4.18. The van der Waals surface area contributed by atoms with E-state index in [9.17, 15) is 0 Å². The SMILES string of the molecule is CCC(N)C(C)c1cccc(OC)n1. The number of rotatable bonds is 4. The van der Waals surface area contributed by atoms with Gasteiger partial charge in [-0.25, -0.2) is 4.98 Å². The average Bonchev–Trinajstić information content (AvgIpc) is 2.27. The molecule has 3 heteroatoms. The van der Waals surface area contributed by atoms with E-state index in [2.05, 4.69) is 18.8 Å². The molecule has 2 atom stereocenters. The third-order valence-electron chi connectivity index (χ3n) is 2.53. The molecule has 0 aliphatic heterocycles. The molecular weight excluding hydrogens is 176 g/mol. The maximum Gasteiger partial charge on any atom is 0.213 e. The number of nitrogens with two attached hydrogens (primary N) is 1. The monoisotopic (exact) mass is 194 g/mol. The number of hydrogen-bond donors (Lipinski definition) is 1. The van der Waals surface area contributed by atoms with Gasteiger partial charge in [0, 0.05) is 23.7 Å². The van der Waals surface area contributed by atoms with Gasteiger partial charge in [0.25, 0.3) is 0 Å². The second kappa shape index (κ2) is 4.96. The van der Waals surface area contributed by atoms with Crippen molar-refractivity contribution in [1.29, 1.82) is 0 Å². The van der Waals surface area contributed by atoms with Crippen LogP contribution in [0, 0.1) is 0 Å². The van der Waals surface area contributed by atoms with Crippen molar-refractivity contribution in [1.82, 2.24) is 4.98 Å². The predicted octanol–water partition coefficient (Wildman–Crippen LogP) is 1.93. The fraction of sp³-hybridized carbons (Fsp3) is 0.545. The standard InChI is InChI=1S/C11H18N2O/c1-4-9(12)8(2)10-6-5-7-11(13-10)14-3/h5-9H,4,12H2,1-3H3. The van der Waals surface area contributed by atoms with E-state index in [1.807, 2.05) is 18.2 Å². The summed E-state index contributed by atoms with van der Waals surface area (Å²) in [6, 6.07) is 5.94. The summed E-state index contributed by atoms with van der Waals surface area (Å²) >= 11 is 0. The molecule has 1 aromatic rings. The lowest BCUT2D eigenvalue weighted by Crippen LogP contribution is -2.26. The van der Waals surface area contributed by atoms with E-state index in [0.29, 0.717) is 5.88 Å². The molecule has 0 spiro atoms. The van der Waals surface area contributed by atoms with Gasteiger partial charge in [-0.3, -0.25) is 0 Å². The number of nitrogens with zero attached hydrogens (tertiary/aromatic N) is 1. The molecule has 3 nitrogen and oxygen atoms in total. The van der Waals surface area contributed by atoms with Crippen molar-refractivity contribution in [2.24, 2.45) is 5.73 Å². The highest BCUT2D eigenvalue weighted by molar-refractivity contribution is 5.19. The molecule has 0 amide bonds. The first-order valence-electron chi connectivity index (χ1n) is 4.95. The van der Waals surface area contributed by atoms with Crippen LogP contribution in [0.5, 0.6) is 5.88 Å². The summed E-state index contributed by atoms with van der Waals surface area (Å²) in [5, 5.41) is 0. The van der Waals surface area contributed by atoms with Crippen LogP contribution in [-0.2, 0) is 0 Å². The van der Waals surface area contributed by atoms with Gasteiger partial charge in [-0.05, 0) is 12.5 Å². The summed E-state index contributed by atoms with van der Waals surface area (Å²) in [5.74, 6) is 0.924. The van der Waals surface area contributed by atoms with Crippen molar-refractivity contribution < 1.29 is 4.74 Å². The zero-order valence-electron chi connectivity index (χ0n) is 9.03. The van der Waals surface area contributed by atoms with Crippen LogP contribution in [0.25, 0.3) is 0 Å². The average molecular weight is 194 g/mol. The number of pyridine rings is 1. The summed E-state index contributed by atoms with van der Waals surface area (Å²) in [6.07, 6.45) is 0.958. The van der Waals surface area contributed by atoms with Crippen molar-refractivity contribution >= 4 is 0 Å². The van der Waals surface area contributed by atoms with Gasteiger partial charge in [-0.2, -0.15) is 0 Å². The van der Waals surface area contributed by atoms with Crippen molar-refractivity contribution in [2.45, 2.75) is 32.2 Å². The topological polar surface area (TPSA) is 48.1 Å². The molecule has 78 valence electrons. The molecule has 0 saturated heterocycles. The number of hydrogen-bond acceptors (Lipinski definition) is 3. The van der Waals surface area contributed by atoms with Gasteiger partial charge in [0.05, 0.1) is 7.11 Å². The normalized spacial score (nSPS) is 14.9. The van der Waals surface area contributed by atoms with Crippen LogP contribution in [-0.4, -0.2) is 18.1 Å². The largest absolute Gasteiger partial charge is 0.481 e. The first-order chi connectivity index (χ1) is 6.69. The summed E-state index contributed by atoms with van der Waals surface area (Å²) < 4.78 is 5.07. The molecule has 2 unspecified atom stereocenters. The van der Waals surface area contributed by atoms with Crippen LogP contribution in [0.2, 0.25) is 0 Å². The Morgan fingerprint density at radius 1 is 1.50 bits per heavy atom. The fourth-order valence-electron chi connectivity index (χ4n) is 1.37. The second-order valence-corrected chi connectivity index (χ2v) is 3.47. The Morgan fingerprint density at radius 3 is 2.79 bits per heavy atom. The van der Waals surface area contributed by atoms with E-state index in [4.69, 9.17) is 10.5 Å². The lowest BCUT2D eigenvalue weighted by molar-refractivity contribution is 0.393. The molecular formula is C11H18N2O. The summed E-state index contributed by atoms with van der Waals surface area (Å²) in [5.41, 5.74) is 6.96. The lowest BCUT2D eigenvalue weighted by Gasteiger charge is -2.17. The third kappa shape index (κ3) is 2.45. The minimum absolute atomic E-state index is 0.162. The third-order valence-corrected chi connectivity index (χ3v) is 2.53. The van der Waals surface area contributed by atoms with Gasteiger partial charge in [0.2, 0.25) is 5.88 Å². The Kier molecular flexibility index (Phi) is 3.89. The summed E-state index contributed by atoms with van der Waals surface area (Å²) in [4.78, 5) is 4.36. The first kappa shape index (κ1) is 11.0. The zero-order chi connectivity index (χ0) is 10.6. The molecule has 1 heterocycles. The molecule has 1 aromatic heterocycles. The maximum atomic E-state index is 5.96. The lowest BCUT2D eigenvalue weighted by atomic mass is 9.96. The van der Waals surface area contributed by atoms with Gasteiger partial charge >= 0.3 is 0 Å². The summed E-state index contributed by atoms with van der Waals surface area (Å²) in [7, 11) is 1.62.